The Bertz CT molecular complexity index is 1540. The molecule has 0 aliphatic carbocycles. The maximum Gasteiger partial charge on any atom is 0.277 e. The fraction of sp³-hybridized carbons (Fsp3) is 0.280. The molecule has 12 nitrogen and oxygen atoms in total. The molecule has 3 aromatic heterocycles. The molecule has 1 amide bonds. The highest BCUT2D eigenvalue weighted by Crippen LogP contribution is 2.36. The number of anilines is 2. The van der Waals surface area contributed by atoms with Crippen LogP contribution in [0.15, 0.2) is 41.8 Å². The molecular weight excluding hydrogens is 527 g/mol. The van der Waals surface area contributed by atoms with Gasteiger partial charge in [-0.1, -0.05) is 11.2 Å². The zero-order chi connectivity index (χ0) is 27.5. The molecule has 0 radical (unpaired) electrons. The maximum absolute atomic E-state index is 15.0. The molecule has 0 saturated carbocycles. The van der Waals surface area contributed by atoms with Gasteiger partial charge in [-0.2, -0.15) is 0 Å². The van der Waals surface area contributed by atoms with E-state index in [1.807, 2.05) is 18.0 Å². The Kier molecular flexibility index (Phi) is 7.58. The van der Waals surface area contributed by atoms with Crippen molar-refractivity contribution in [2.45, 2.75) is 13.5 Å². The fourth-order valence-electron chi connectivity index (χ4n) is 4.14. The Morgan fingerprint density at radius 1 is 1.21 bits per heavy atom. The lowest BCUT2D eigenvalue weighted by Gasteiger charge is -2.28. The van der Waals surface area contributed by atoms with Crippen LogP contribution in [0.1, 0.15) is 27.7 Å². The van der Waals surface area contributed by atoms with Crippen LogP contribution in [0.25, 0.3) is 21.6 Å². The zero-order valence-electron chi connectivity index (χ0n) is 21.1. The Labute approximate surface area is 226 Å². The normalized spacial score (nSPS) is 14.1. The molecule has 1 saturated heterocycles. The van der Waals surface area contributed by atoms with E-state index in [1.54, 1.807) is 24.5 Å². The third kappa shape index (κ3) is 5.48. The first-order valence-corrected chi connectivity index (χ1v) is 12.8. The lowest BCUT2D eigenvalue weighted by Crippen LogP contribution is -2.36. The van der Waals surface area contributed by atoms with Crippen molar-refractivity contribution in [1.29, 1.82) is 0 Å². The summed E-state index contributed by atoms with van der Waals surface area (Å²) in [5.74, 6) is 0.141. The predicted octanol–water partition coefficient (Wildman–Crippen LogP) is 3.08. The van der Waals surface area contributed by atoms with E-state index in [0.29, 0.717) is 61.4 Å². The van der Waals surface area contributed by atoms with Crippen molar-refractivity contribution in [3.8, 4) is 11.4 Å². The number of halogens is 1. The van der Waals surface area contributed by atoms with Crippen LogP contribution in [-0.4, -0.2) is 75.3 Å². The third-order valence-electron chi connectivity index (χ3n) is 6.23. The van der Waals surface area contributed by atoms with Crippen molar-refractivity contribution in [3.63, 3.8) is 0 Å². The highest BCUT2D eigenvalue weighted by atomic mass is 32.1. The minimum atomic E-state index is -0.695. The molecule has 1 aliphatic rings. The predicted molar refractivity (Wildman–Crippen MR) is 143 cm³/mol. The number of hydroxylamine groups is 1. The van der Waals surface area contributed by atoms with Gasteiger partial charge in [0.1, 0.15) is 5.82 Å². The van der Waals surface area contributed by atoms with Gasteiger partial charge in [-0.15, -0.1) is 11.3 Å². The second kappa shape index (κ2) is 11.2. The lowest BCUT2D eigenvalue weighted by molar-refractivity contribution is 0.0705. The van der Waals surface area contributed by atoms with Gasteiger partial charge in [0, 0.05) is 37.4 Å². The van der Waals surface area contributed by atoms with Crippen LogP contribution >= 0.6 is 11.3 Å². The summed E-state index contributed by atoms with van der Waals surface area (Å²) in [4.78, 5) is 34.3. The number of carbonyl (C=O) groups is 1. The molecule has 0 unspecified atom stereocenters. The van der Waals surface area contributed by atoms with Crippen LogP contribution in [-0.2, 0) is 11.3 Å². The molecule has 0 spiro atoms. The summed E-state index contributed by atoms with van der Waals surface area (Å²) in [6.45, 7) is 4.46. The molecule has 0 atom stereocenters. The number of benzene rings is 1. The molecule has 1 fully saturated rings. The maximum atomic E-state index is 15.0. The number of ether oxygens (including phenoxy) is 1. The number of thiophene rings is 1. The zero-order valence-corrected chi connectivity index (χ0v) is 21.9. The molecule has 4 aromatic rings. The van der Waals surface area contributed by atoms with Gasteiger partial charge in [0.2, 0.25) is 5.95 Å². The molecule has 3 N–H and O–H groups in total. The van der Waals surface area contributed by atoms with E-state index in [0.717, 1.165) is 9.58 Å². The van der Waals surface area contributed by atoms with Crippen molar-refractivity contribution in [2.75, 3.05) is 43.2 Å². The number of aromatic nitrogens is 4. The number of carbonyl (C=O) groups excluding carboxylic acids is 1. The molecule has 39 heavy (non-hydrogen) atoms. The third-order valence-corrected chi connectivity index (χ3v) is 7.33. The van der Waals surface area contributed by atoms with Crippen LogP contribution in [0.2, 0.25) is 0 Å². The number of hydrogen-bond donors (Lipinski definition) is 3. The van der Waals surface area contributed by atoms with Gasteiger partial charge >= 0.3 is 0 Å². The summed E-state index contributed by atoms with van der Waals surface area (Å²) in [7, 11) is 1.82. The smallest absolute Gasteiger partial charge is 0.277 e. The Balaban J connectivity index is 1.53. The average molecular weight is 553 g/mol. The van der Waals surface area contributed by atoms with E-state index in [2.05, 4.69) is 20.0 Å². The van der Waals surface area contributed by atoms with Gasteiger partial charge in [-0.3, -0.25) is 10.0 Å². The second-order valence-corrected chi connectivity index (χ2v) is 9.98. The lowest BCUT2D eigenvalue weighted by atomic mass is 10.1. The van der Waals surface area contributed by atoms with Gasteiger partial charge in [0.25, 0.3) is 5.91 Å². The number of amides is 1. The summed E-state index contributed by atoms with van der Waals surface area (Å²) in [5.41, 5.74) is 3.46. The Morgan fingerprint density at radius 2 is 1.95 bits per heavy atom. The first-order valence-electron chi connectivity index (χ1n) is 12.0. The van der Waals surface area contributed by atoms with Gasteiger partial charge in [0.15, 0.2) is 11.6 Å². The van der Waals surface area contributed by atoms with Crippen LogP contribution < -0.4 is 15.3 Å². The van der Waals surface area contributed by atoms with Crippen molar-refractivity contribution < 1.29 is 24.3 Å². The van der Waals surface area contributed by atoms with Crippen LogP contribution in [0.5, 0.6) is 0 Å². The van der Waals surface area contributed by atoms with E-state index in [1.165, 1.54) is 29.8 Å². The number of fused-ring (bicyclic) bond motifs is 1. The molecule has 5 rings (SSSR count). The van der Waals surface area contributed by atoms with E-state index in [-0.39, 0.29) is 17.0 Å². The van der Waals surface area contributed by atoms with Gasteiger partial charge in [-0.05, 0) is 30.7 Å². The van der Waals surface area contributed by atoms with Gasteiger partial charge in [0.05, 0.1) is 46.8 Å². The molecule has 14 heteroatoms. The van der Waals surface area contributed by atoms with Crippen molar-refractivity contribution >= 4 is 44.9 Å². The molecule has 1 aliphatic heterocycles. The Morgan fingerprint density at radius 3 is 2.64 bits per heavy atom. The Hall–Kier alpha value is -4.27. The summed E-state index contributed by atoms with van der Waals surface area (Å²) in [6.07, 6.45) is 2.66. The van der Waals surface area contributed by atoms with E-state index >= 15 is 0 Å². The minimum absolute atomic E-state index is 0.131. The summed E-state index contributed by atoms with van der Waals surface area (Å²) in [6, 6.07) is 6.36. The van der Waals surface area contributed by atoms with Crippen LogP contribution in [0, 0.1) is 5.82 Å². The average Bonchev–Trinajstić information content (AvgIpc) is 3.38. The first-order chi connectivity index (χ1) is 18.9. The monoisotopic (exact) mass is 552 g/mol. The number of hydrogen-bond acceptors (Lipinski definition) is 12. The first kappa shape index (κ1) is 26.3. The second-order valence-electron chi connectivity index (χ2n) is 8.85. The largest absolute Gasteiger partial charge is 0.411 e. The summed E-state index contributed by atoms with van der Waals surface area (Å²) in [5, 5.41) is 21.2. The number of nitrogens with one attached hydrogen (secondary N) is 1. The number of morpholine rings is 1. The molecule has 0 bridgehead atoms. The van der Waals surface area contributed by atoms with Crippen LogP contribution in [0.4, 0.5) is 16.2 Å². The van der Waals surface area contributed by atoms with Crippen LogP contribution in [0.3, 0.4) is 0 Å². The topological polar surface area (TPSA) is 149 Å². The molecular formula is C25H25FN8O4S. The minimum Gasteiger partial charge on any atom is -0.411 e. The van der Waals surface area contributed by atoms with Crippen molar-refractivity contribution in [2.24, 2.45) is 5.16 Å². The van der Waals surface area contributed by atoms with Gasteiger partial charge in [-0.25, -0.2) is 29.8 Å². The van der Waals surface area contributed by atoms with E-state index < -0.39 is 11.7 Å². The highest BCUT2D eigenvalue weighted by molar-refractivity contribution is 7.19. The van der Waals surface area contributed by atoms with Gasteiger partial charge < -0.3 is 19.7 Å². The van der Waals surface area contributed by atoms with Crippen molar-refractivity contribution in [1.82, 2.24) is 25.4 Å². The SMILES string of the molecule is C/C(=N/O)c1ccc(F)c(-c2nc(N3CCOCC3)c3sc(CN(C)c4ncc(C(=O)NO)cn4)cc3n2)c1. The fourth-order valence-corrected chi connectivity index (χ4v) is 5.30. The quantitative estimate of drug-likeness (QED) is 0.135. The number of rotatable bonds is 7. The number of oxime groups is 1. The highest BCUT2D eigenvalue weighted by Gasteiger charge is 2.22. The number of nitrogens with zero attached hydrogens (tertiary/aromatic N) is 7. The molecule has 4 heterocycles. The standard InChI is InChI=1S/C25H25FN8O4S/c1-14(31-36)15-3-4-19(26)18(9-15)22-29-20-10-17(39-21(20)23(30-22)34-5-7-38-8-6-34)13-33(2)25-27-11-16(12-28-25)24(35)32-37/h3-4,9-12,36-37H,5-8,13H2,1-2H3,(H,32,35)/b31-14-. The molecule has 1 aromatic carbocycles. The van der Waals surface area contributed by atoms with Crippen molar-refractivity contribution in [3.05, 3.63) is 58.5 Å². The van der Waals surface area contributed by atoms with E-state index in [4.69, 9.17) is 19.9 Å². The summed E-state index contributed by atoms with van der Waals surface area (Å²) >= 11 is 1.52. The molecule has 202 valence electrons. The summed E-state index contributed by atoms with van der Waals surface area (Å²) < 4.78 is 21.4. The van der Waals surface area contributed by atoms with E-state index in [9.17, 15) is 14.4 Å².